The van der Waals surface area contributed by atoms with Crippen molar-refractivity contribution in [3.8, 4) is 5.75 Å². The lowest BCUT2D eigenvalue weighted by atomic mass is 10.1. The normalized spacial score (nSPS) is 10.9. The number of fused-ring (bicyclic) bond motifs is 1. The molecule has 21 heavy (non-hydrogen) atoms. The maximum atomic E-state index is 11.7. The molecule has 0 aliphatic carbocycles. The Bertz CT molecular complexity index is 843. The van der Waals surface area contributed by atoms with E-state index in [1.54, 1.807) is 37.0 Å². The van der Waals surface area contributed by atoms with E-state index in [0.717, 1.165) is 16.0 Å². The highest BCUT2D eigenvalue weighted by Gasteiger charge is 2.11. The number of thioether (sulfide) groups is 1. The van der Waals surface area contributed by atoms with Crippen molar-refractivity contribution < 1.29 is 9.52 Å². The number of pyridine rings is 1. The number of aryl methyl sites for hydroxylation is 1. The van der Waals surface area contributed by atoms with Gasteiger partial charge in [-0.25, -0.2) is 9.78 Å². The van der Waals surface area contributed by atoms with Gasteiger partial charge in [-0.2, -0.15) is 0 Å². The highest BCUT2D eigenvalue weighted by molar-refractivity contribution is 7.98. The van der Waals surface area contributed by atoms with Gasteiger partial charge in [-0.15, -0.1) is 11.8 Å². The molecule has 0 aliphatic heterocycles. The van der Waals surface area contributed by atoms with Gasteiger partial charge in [-0.05, 0) is 36.8 Å². The van der Waals surface area contributed by atoms with Crippen molar-refractivity contribution in [3.63, 3.8) is 0 Å². The van der Waals surface area contributed by atoms with E-state index < -0.39 is 5.63 Å². The van der Waals surface area contributed by atoms with Crippen LogP contribution in [0.3, 0.4) is 0 Å². The predicted molar refractivity (Wildman–Crippen MR) is 82.7 cm³/mol. The van der Waals surface area contributed by atoms with Gasteiger partial charge in [0, 0.05) is 29.0 Å². The summed E-state index contributed by atoms with van der Waals surface area (Å²) in [5.41, 5.74) is 1.49. The van der Waals surface area contributed by atoms with Crippen molar-refractivity contribution in [2.75, 3.05) is 0 Å². The molecule has 1 N–H and O–H groups in total. The van der Waals surface area contributed by atoms with Crippen LogP contribution in [-0.4, -0.2) is 10.1 Å². The van der Waals surface area contributed by atoms with Crippen LogP contribution in [-0.2, 0) is 5.75 Å². The average Bonchev–Trinajstić information content (AvgIpc) is 2.50. The minimum Gasteiger partial charge on any atom is -0.508 e. The van der Waals surface area contributed by atoms with Gasteiger partial charge in [0.05, 0.1) is 5.03 Å². The van der Waals surface area contributed by atoms with Crippen LogP contribution >= 0.6 is 11.8 Å². The second kappa shape index (κ2) is 5.61. The lowest BCUT2D eigenvalue weighted by Gasteiger charge is -2.08. The number of rotatable bonds is 3. The fourth-order valence-electron chi connectivity index (χ4n) is 2.12. The summed E-state index contributed by atoms with van der Waals surface area (Å²) in [7, 11) is 0. The monoisotopic (exact) mass is 299 g/mol. The molecule has 0 saturated carbocycles. The molecular formula is C16H13NO3S. The first-order chi connectivity index (χ1) is 10.1. The molecule has 3 aromatic rings. The van der Waals surface area contributed by atoms with Gasteiger partial charge in [-0.1, -0.05) is 6.07 Å². The first-order valence-electron chi connectivity index (χ1n) is 6.44. The summed E-state index contributed by atoms with van der Waals surface area (Å²) in [4.78, 5) is 16.0. The SMILES string of the molecule is Cc1c(O)ccc2c(CSc3ccccn3)cc(=O)oc12. The molecule has 0 fully saturated rings. The molecule has 0 saturated heterocycles. The van der Waals surface area contributed by atoms with Gasteiger partial charge in [0.2, 0.25) is 0 Å². The number of hydrogen-bond acceptors (Lipinski definition) is 5. The van der Waals surface area contributed by atoms with E-state index in [1.165, 1.54) is 6.07 Å². The van der Waals surface area contributed by atoms with Gasteiger partial charge in [-0.3, -0.25) is 0 Å². The zero-order valence-corrected chi connectivity index (χ0v) is 12.2. The van der Waals surface area contributed by atoms with Crippen LogP contribution in [0.25, 0.3) is 11.0 Å². The molecule has 5 heteroatoms. The molecular weight excluding hydrogens is 286 g/mol. The van der Waals surface area contributed by atoms with E-state index in [1.807, 2.05) is 18.2 Å². The Morgan fingerprint density at radius 1 is 1.29 bits per heavy atom. The number of hydrogen-bond donors (Lipinski definition) is 1. The Morgan fingerprint density at radius 2 is 2.14 bits per heavy atom. The third-order valence-electron chi connectivity index (χ3n) is 3.23. The molecule has 0 radical (unpaired) electrons. The smallest absolute Gasteiger partial charge is 0.336 e. The highest BCUT2D eigenvalue weighted by Crippen LogP contribution is 2.30. The van der Waals surface area contributed by atoms with Gasteiger partial charge < -0.3 is 9.52 Å². The Kier molecular flexibility index (Phi) is 3.66. The van der Waals surface area contributed by atoms with Gasteiger partial charge in [0.1, 0.15) is 11.3 Å². The molecule has 0 aliphatic rings. The number of benzene rings is 1. The molecule has 0 bridgehead atoms. The first-order valence-corrected chi connectivity index (χ1v) is 7.43. The first kappa shape index (κ1) is 13.7. The zero-order chi connectivity index (χ0) is 14.8. The van der Waals surface area contributed by atoms with E-state index in [-0.39, 0.29) is 5.75 Å². The molecule has 1 aromatic carbocycles. The van der Waals surface area contributed by atoms with Gasteiger partial charge in [0.25, 0.3) is 0 Å². The minimum absolute atomic E-state index is 0.125. The van der Waals surface area contributed by atoms with Crippen molar-refractivity contribution in [3.05, 3.63) is 64.1 Å². The van der Waals surface area contributed by atoms with Crippen molar-refractivity contribution in [1.82, 2.24) is 4.98 Å². The van der Waals surface area contributed by atoms with Gasteiger partial charge >= 0.3 is 5.63 Å². The van der Waals surface area contributed by atoms with Crippen LogP contribution in [0.4, 0.5) is 0 Å². The second-order valence-electron chi connectivity index (χ2n) is 4.63. The number of aromatic hydroxyl groups is 1. The topological polar surface area (TPSA) is 63.3 Å². The van der Waals surface area contributed by atoms with Crippen LogP contribution in [0.15, 0.2) is 56.8 Å². The van der Waals surface area contributed by atoms with E-state index in [4.69, 9.17) is 4.42 Å². The van der Waals surface area contributed by atoms with E-state index in [2.05, 4.69) is 4.98 Å². The van der Waals surface area contributed by atoms with E-state index >= 15 is 0 Å². The average molecular weight is 299 g/mol. The Balaban J connectivity index is 2.02. The third kappa shape index (κ3) is 2.78. The Labute approximate surface area is 125 Å². The molecule has 0 atom stereocenters. The van der Waals surface area contributed by atoms with Crippen LogP contribution in [0.1, 0.15) is 11.1 Å². The quantitative estimate of drug-likeness (QED) is 0.592. The lowest BCUT2D eigenvalue weighted by Crippen LogP contribution is -2.01. The van der Waals surface area contributed by atoms with Crippen LogP contribution < -0.4 is 5.63 Å². The molecule has 0 spiro atoms. The summed E-state index contributed by atoms with van der Waals surface area (Å²) in [5.74, 6) is 0.740. The molecule has 106 valence electrons. The molecule has 4 nitrogen and oxygen atoms in total. The maximum absolute atomic E-state index is 11.7. The number of phenols is 1. The maximum Gasteiger partial charge on any atom is 0.336 e. The van der Waals surface area contributed by atoms with Crippen LogP contribution in [0, 0.1) is 6.92 Å². The highest BCUT2D eigenvalue weighted by atomic mass is 32.2. The third-order valence-corrected chi connectivity index (χ3v) is 4.22. The number of nitrogens with zero attached hydrogens (tertiary/aromatic N) is 1. The fraction of sp³-hybridized carbons (Fsp3) is 0.125. The standard InChI is InChI=1S/C16H13NO3S/c1-10-13(18)6-5-12-11(8-15(19)20-16(10)12)9-21-14-4-2-3-7-17-14/h2-8,18H,9H2,1H3. The molecule has 3 rings (SSSR count). The lowest BCUT2D eigenvalue weighted by molar-refractivity contribution is 0.468. The Hall–Kier alpha value is -2.27. The zero-order valence-electron chi connectivity index (χ0n) is 11.4. The summed E-state index contributed by atoms with van der Waals surface area (Å²) in [5, 5.41) is 11.5. The van der Waals surface area contributed by atoms with Crippen molar-refractivity contribution in [2.45, 2.75) is 17.7 Å². The Morgan fingerprint density at radius 3 is 2.90 bits per heavy atom. The fourth-order valence-corrected chi connectivity index (χ4v) is 2.97. The molecule has 2 heterocycles. The number of aromatic nitrogens is 1. The summed E-state index contributed by atoms with van der Waals surface area (Å²) >= 11 is 1.55. The second-order valence-corrected chi connectivity index (χ2v) is 5.63. The van der Waals surface area contributed by atoms with Crippen LogP contribution in [0.5, 0.6) is 5.75 Å². The van der Waals surface area contributed by atoms with Crippen molar-refractivity contribution in [2.24, 2.45) is 0 Å². The molecule has 2 aromatic heterocycles. The van der Waals surface area contributed by atoms with Crippen molar-refractivity contribution >= 4 is 22.7 Å². The summed E-state index contributed by atoms with van der Waals surface area (Å²) in [6, 6.07) is 10.6. The largest absolute Gasteiger partial charge is 0.508 e. The summed E-state index contributed by atoms with van der Waals surface area (Å²) < 4.78 is 5.23. The van der Waals surface area contributed by atoms with E-state index in [9.17, 15) is 9.90 Å². The summed E-state index contributed by atoms with van der Waals surface area (Å²) in [6.07, 6.45) is 1.74. The predicted octanol–water partition coefficient (Wildman–Crippen LogP) is 3.49. The molecule has 0 amide bonds. The van der Waals surface area contributed by atoms with Crippen molar-refractivity contribution in [1.29, 1.82) is 0 Å². The molecule has 0 unspecified atom stereocenters. The van der Waals surface area contributed by atoms with E-state index in [0.29, 0.717) is 16.9 Å². The van der Waals surface area contributed by atoms with Crippen LogP contribution in [0.2, 0.25) is 0 Å². The van der Waals surface area contributed by atoms with Gasteiger partial charge in [0.15, 0.2) is 0 Å². The number of phenolic OH excluding ortho intramolecular Hbond substituents is 1. The minimum atomic E-state index is -0.409. The summed E-state index contributed by atoms with van der Waals surface area (Å²) in [6.45, 7) is 1.73.